The average molecular weight is 233 g/mol. The minimum atomic E-state index is -0.124. The summed E-state index contributed by atoms with van der Waals surface area (Å²) in [6, 6.07) is 3.56. The lowest BCUT2D eigenvalue weighted by atomic mass is 10.2. The molecular weight excluding hydrogens is 218 g/mol. The number of carbonyl (C=O) groups is 1. The average Bonchev–Trinajstić information content (AvgIpc) is 2.94. The first-order chi connectivity index (χ1) is 8.20. The van der Waals surface area contributed by atoms with Gasteiger partial charge in [0.2, 0.25) is 0 Å². The number of rotatable bonds is 4. The maximum Gasteiger partial charge on any atom is 0.255 e. The summed E-state index contributed by atoms with van der Waals surface area (Å²) >= 11 is 0. The van der Waals surface area contributed by atoms with Gasteiger partial charge in [-0.2, -0.15) is 5.10 Å². The summed E-state index contributed by atoms with van der Waals surface area (Å²) in [7, 11) is 1.84. The Balaban J connectivity index is 1.98. The molecule has 0 aliphatic carbocycles. The number of nitrogens with zero attached hydrogens (tertiary/aromatic N) is 2. The van der Waals surface area contributed by atoms with Crippen LogP contribution in [0.5, 0.6) is 0 Å². The van der Waals surface area contributed by atoms with Crippen molar-refractivity contribution in [1.29, 1.82) is 0 Å². The Labute approximate surface area is 99.4 Å². The summed E-state index contributed by atoms with van der Waals surface area (Å²) in [5, 5.41) is 7.00. The van der Waals surface area contributed by atoms with Gasteiger partial charge < -0.3 is 9.73 Å². The van der Waals surface area contributed by atoms with Gasteiger partial charge in [-0.25, -0.2) is 0 Å². The topological polar surface area (TPSA) is 60.1 Å². The Kier molecular flexibility index (Phi) is 3.27. The maximum absolute atomic E-state index is 11.9. The van der Waals surface area contributed by atoms with E-state index in [0.29, 0.717) is 24.3 Å². The minimum absolute atomic E-state index is 0.124. The monoisotopic (exact) mass is 233 g/mol. The molecule has 0 aromatic carbocycles. The molecule has 2 aromatic rings. The molecule has 0 saturated heterocycles. The molecule has 2 heterocycles. The van der Waals surface area contributed by atoms with E-state index in [1.165, 1.54) is 6.26 Å². The highest BCUT2D eigenvalue weighted by molar-refractivity contribution is 5.95. The number of furan rings is 1. The number of hydrogen-bond acceptors (Lipinski definition) is 3. The minimum Gasteiger partial charge on any atom is -0.469 e. The Hall–Kier alpha value is -2.04. The lowest BCUT2D eigenvalue weighted by Gasteiger charge is -2.02. The first kappa shape index (κ1) is 11.4. The fraction of sp³-hybridized carbons (Fsp3) is 0.333. The van der Waals surface area contributed by atoms with Crippen LogP contribution in [0.3, 0.4) is 0 Å². The number of aromatic nitrogens is 2. The van der Waals surface area contributed by atoms with Crippen LogP contribution in [0.15, 0.2) is 29.0 Å². The maximum atomic E-state index is 11.9. The van der Waals surface area contributed by atoms with Crippen molar-refractivity contribution >= 4 is 5.91 Å². The van der Waals surface area contributed by atoms with E-state index in [-0.39, 0.29) is 5.91 Å². The lowest BCUT2D eigenvalue weighted by molar-refractivity contribution is 0.0948. The smallest absolute Gasteiger partial charge is 0.255 e. The highest BCUT2D eigenvalue weighted by Gasteiger charge is 2.12. The third-order valence-corrected chi connectivity index (χ3v) is 2.51. The molecule has 0 unspecified atom stereocenters. The first-order valence-electron chi connectivity index (χ1n) is 5.53. The molecule has 2 aromatic heterocycles. The number of hydrogen-bond donors (Lipinski definition) is 1. The number of aryl methyl sites for hydroxylation is 2. The van der Waals surface area contributed by atoms with Crippen LogP contribution >= 0.6 is 0 Å². The molecule has 0 saturated carbocycles. The third-order valence-electron chi connectivity index (χ3n) is 2.51. The first-order valence-corrected chi connectivity index (χ1v) is 5.53. The van der Waals surface area contributed by atoms with Crippen LogP contribution in [0.4, 0.5) is 0 Å². The zero-order valence-corrected chi connectivity index (χ0v) is 9.93. The second-order valence-electron chi connectivity index (χ2n) is 3.77. The van der Waals surface area contributed by atoms with E-state index in [9.17, 15) is 4.79 Å². The van der Waals surface area contributed by atoms with Crippen molar-refractivity contribution in [3.05, 3.63) is 41.6 Å². The zero-order valence-electron chi connectivity index (χ0n) is 9.93. The summed E-state index contributed by atoms with van der Waals surface area (Å²) < 4.78 is 6.92. The summed E-state index contributed by atoms with van der Waals surface area (Å²) in [6.45, 7) is 2.38. The summed E-state index contributed by atoms with van der Waals surface area (Å²) in [5.74, 6) is 0.588. The van der Waals surface area contributed by atoms with E-state index < -0.39 is 0 Å². The number of carbonyl (C=O) groups excluding carboxylic acids is 1. The van der Waals surface area contributed by atoms with Gasteiger partial charge in [0, 0.05) is 19.7 Å². The van der Waals surface area contributed by atoms with Gasteiger partial charge in [0.05, 0.1) is 24.1 Å². The Morgan fingerprint density at radius 3 is 3.00 bits per heavy atom. The van der Waals surface area contributed by atoms with E-state index in [4.69, 9.17) is 4.42 Å². The predicted molar refractivity (Wildman–Crippen MR) is 62.5 cm³/mol. The van der Waals surface area contributed by atoms with Gasteiger partial charge in [0.1, 0.15) is 5.76 Å². The highest BCUT2D eigenvalue weighted by Crippen LogP contribution is 2.11. The van der Waals surface area contributed by atoms with E-state index in [0.717, 1.165) is 5.69 Å². The highest BCUT2D eigenvalue weighted by atomic mass is 16.3. The quantitative estimate of drug-likeness (QED) is 0.870. The molecule has 0 atom stereocenters. The molecule has 0 bridgehead atoms. The third kappa shape index (κ3) is 2.55. The normalized spacial score (nSPS) is 10.5. The number of amides is 1. The summed E-state index contributed by atoms with van der Waals surface area (Å²) in [6.07, 6.45) is 4.09. The van der Waals surface area contributed by atoms with Crippen LogP contribution in [0.2, 0.25) is 0 Å². The molecule has 2 rings (SSSR count). The molecule has 0 fully saturated rings. The SMILES string of the molecule is CCc1occc1C(=O)NCc1ccn(C)n1. The predicted octanol–water partition coefficient (Wildman–Crippen LogP) is 1.51. The molecule has 17 heavy (non-hydrogen) atoms. The van der Waals surface area contributed by atoms with Crippen molar-refractivity contribution in [3.63, 3.8) is 0 Å². The Bertz CT molecular complexity index is 513. The van der Waals surface area contributed by atoms with E-state index >= 15 is 0 Å². The molecule has 0 spiro atoms. The molecule has 0 radical (unpaired) electrons. The molecular formula is C12H15N3O2. The van der Waals surface area contributed by atoms with Crippen LogP contribution in [-0.2, 0) is 20.0 Å². The van der Waals surface area contributed by atoms with Crippen molar-refractivity contribution in [3.8, 4) is 0 Å². The van der Waals surface area contributed by atoms with Crippen molar-refractivity contribution in [1.82, 2.24) is 15.1 Å². The molecule has 90 valence electrons. The van der Waals surface area contributed by atoms with Crippen LogP contribution < -0.4 is 5.32 Å². The standard InChI is InChI=1S/C12H15N3O2/c1-3-11-10(5-7-17-11)12(16)13-8-9-4-6-15(2)14-9/h4-7H,3,8H2,1-2H3,(H,13,16). The van der Waals surface area contributed by atoms with Gasteiger partial charge in [0.25, 0.3) is 5.91 Å². The Morgan fingerprint density at radius 2 is 2.35 bits per heavy atom. The van der Waals surface area contributed by atoms with Crippen LogP contribution in [-0.4, -0.2) is 15.7 Å². The fourth-order valence-electron chi connectivity index (χ4n) is 1.64. The molecule has 1 N–H and O–H groups in total. The number of nitrogens with one attached hydrogen (secondary N) is 1. The van der Waals surface area contributed by atoms with Crippen molar-refractivity contribution < 1.29 is 9.21 Å². The second-order valence-corrected chi connectivity index (χ2v) is 3.77. The molecule has 0 aliphatic heterocycles. The van der Waals surface area contributed by atoms with E-state index in [2.05, 4.69) is 10.4 Å². The van der Waals surface area contributed by atoms with Crippen LogP contribution in [0.25, 0.3) is 0 Å². The van der Waals surface area contributed by atoms with Crippen molar-refractivity contribution in [2.45, 2.75) is 19.9 Å². The Morgan fingerprint density at radius 1 is 1.53 bits per heavy atom. The van der Waals surface area contributed by atoms with Gasteiger partial charge in [-0.15, -0.1) is 0 Å². The lowest BCUT2D eigenvalue weighted by Crippen LogP contribution is -2.23. The second kappa shape index (κ2) is 4.86. The zero-order chi connectivity index (χ0) is 12.3. The van der Waals surface area contributed by atoms with E-state index in [1.807, 2.05) is 26.2 Å². The largest absolute Gasteiger partial charge is 0.469 e. The van der Waals surface area contributed by atoms with Gasteiger partial charge >= 0.3 is 0 Å². The van der Waals surface area contributed by atoms with Gasteiger partial charge in [-0.05, 0) is 12.1 Å². The summed E-state index contributed by atoms with van der Waals surface area (Å²) in [5.41, 5.74) is 1.44. The van der Waals surface area contributed by atoms with Gasteiger partial charge in [-0.1, -0.05) is 6.92 Å². The molecule has 1 amide bonds. The van der Waals surface area contributed by atoms with Gasteiger partial charge in [-0.3, -0.25) is 9.48 Å². The van der Waals surface area contributed by atoms with Crippen LogP contribution in [0, 0.1) is 0 Å². The molecule has 0 aliphatic rings. The summed E-state index contributed by atoms with van der Waals surface area (Å²) in [4.78, 5) is 11.9. The molecule has 5 nitrogen and oxygen atoms in total. The fourth-order valence-corrected chi connectivity index (χ4v) is 1.64. The van der Waals surface area contributed by atoms with Gasteiger partial charge in [0.15, 0.2) is 0 Å². The van der Waals surface area contributed by atoms with Crippen molar-refractivity contribution in [2.24, 2.45) is 7.05 Å². The van der Waals surface area contributed by atoms with Crippen molar-refractivity contribution in [2.75, 3.05) is 0 Å². The van der Waals surface area contributed by atoms with Crippen LogP contribution in [0.1, 0.15) is 28.7 Å². The van der Waals surface area contributed by atoms with E-state index in [1.54, 1.807) is 10.7 Å². The molecule has 5 heteroatoms.